The molecule has 3 rings (SSSR count). The molecule has 1 aromatic heterocycles. The van der Waals surface area contributed by atoms with Gasteiger partial charge in [-0.25, -0.2) is 4.98 Å². The molecule has 1 heterocycles. The van der Waals surface area contributed by atoms with E-state index < -0.39 is 0 Å². The summed E-state index contributed by atoms with van der Waals surface area (Å²) in [6.45, 7) is 4.09. The maximum atomic E-state index is 12.2. The lowest BCUT2D eigenvalue weighted by atomic mass is 10.1. The van der Waals surface area contributed by atoms with Crippen molar-refractivity contribution in [1.82, 2.24) is 4.98 Å². The number of hydrogen-bond donors (Lipinski definition) is 1. The van der Waals surface area contributed by atoms with Crippen LogP contribution in [0.4, 0.5) is 5.13 Å². The first-order valence-corrected chi connectivity index (χ1v) is 9.84. The van der Waals surface area contributed by atoms with Crippen molar-refractivity contribution in [3.8, 4) is 17.0 Å². The Balaban J connectivity index is 1.55. The van der Waals surface area contributed by atoms with Gasteiger partial charge in [0.2, 0.25) is 5.91 Å². The molecule has 1 amide bonds. The molecular weight excluding hydrogens is 356 g/mol. The minimum absolute atomic E-state index is 0.0112. The summed E-state index contributed by atoms with van der Waals surface area (Å²) in [7, 11) is 1.65. The van der Waals surface area contributed by atoms with Crippen molar-refractivity contribution in [3.05, 3.63) is 64.5 Å². The molecule has 0 spiro atoms. The quantitative estimate of drug-likeness (QED) is 0.597. The van der Waals surface area contributed by atoms with Gasteiger partial charge in [-0.3, -0.25) is 4.79 Å². The van der Waals surface area contributed by atoms with Crippen LogP contribution in [-0.4, -0.2) is 18.0 Å². The smallest absolute Gasteiger partial charge is 0.226 e. The van der Waals surface area contributed by atoms with Crippen molar-refractivity contribution in [1.29, 1.82) is 0 Å². The highest BCUT2D eigenvalue weighted by Gasteiger charge is 2.12. The van der Waals surface area contributed by atoms with Crippen LogP contribution in [0.15, 0.2) is 48.5 Å². The molecule has 27 heavy (non-hydrogen) atoms. The van der Waals surface area contributed by atoms with Crippen molar-refractivity contribution in [2.24, 2.45) is 0 Å². The summed E-state index contributed by atoms with van der Waals surface area (Å²) in [5.41, 5.74) is 4.44. The zero-order valence-electron chi connectivity index (χ0n) is 15.9. The van der Waals surface area contributed by atoms with Crippen LogP contribution < -0.4 is 10.1 Å². The predicted molar refractivity (Wildman–Crippen MR) is 112 cm³/mol. The van der Waals surface area contributed by atoms with E-state index >= 15 is 0 Å². The van der Waals surface area contributed by atoms with Crippen LogP contribution in [0.1, 0.15) is 28.8 Å². The normalized spacial score (nSPS) is 10.6. The van der Waals surface area contributed by atoms with E-state index in [1.54, 1.807) is 7.11 Å². The van der Waals surface area contributed by atoms with Gasteiger partial charge >= 0.3 is 0 Å². The monoisotopic (exact) mass is 380 g/mol. The number of ether oxygens (including phenoxy) is 1. The van der Waals surface area contributed by atoms with Gasteiger partial charge in [0.25, 0.3) is 0 Å². The molecule has 5 heteroatoms. The van der Waals surface area contributed by atoms with Crippen LogP contribution in [0.5, 0.6) is 5.75 Å². The van der Waals surface area contributed by atoms with Crippen LogP contribution >= 0.6 is 11.3 Å². The number of aryl methyl sites for hydroxylation is 3. The molecule has 2 aromatic carbocycles. The number of benzene rings is 2. The Kier molecular flexibility index (Phi) is 6.24. The number of aromatic nitrogens is 1. The van der Waals surface area contributed by atoms with Crippen LogP contribution in [0.25, 0.3) is 11.3 Å². The molecule has 0 aliphatic heterocycles. The van der Waals surface area contributed by atoms with E-state index in [4.69, 9.17) is 4.74 Å². The lowest BCUT2D eigenvalue weighted by Crippen LogP contribution is -2.11. The van der Waals surface area contributed by atoms with Gasteiger partial charge in [0.1, 0.15) is 5.75 Å². The highest BCUT2D eigenvalue weighted by Crippen LogP contribution is 2.31. The van der Waals surface area contributed by atoms with E-state index in [-0.39, 0.29) is 5.91 Å². The van der Waals surface area contributed by atoms with Crippen LogP contribution in [0.3, 0.4) is 0 Å². The number of carbonyl (C=O) groups is 1. The minimum Gasteiger partial charge on any atom is -0.497 e. The van der Waals surface area contributed by atoms with Crippen molar-refractivity contribution < 1.29 is 9.53 Å². The topological polar surface area (TPSA) is 51.2 Å². The molecule has 0 fully saturated rings. The third kappa shape index (κ3) is 5.17. The Labute approximate surface area is 164 Å². The number of rotatable bonds is 7. The molecule has 0 saturated heterocycles. The van der Waals surface area contributed by atoms with E-state index in [1.807, 2.05) is 31.2 Å². The highest BCUT2D eigenvalue weighted by molar-refractivity contribution is 7.16. The summed E-state index contributed by atoms with van der Waals surface area (Å²) in [5, 5.41) is 3.59. The fourth-order valence-electron chi connectivity index (χ4n) is 2.86. The first kappa shape index (κ1) is 19.1. The molecule has 140 valence electrons. The molecule has 3 aromatic rings. The molecule has 1 N–H and O–H groups in total. The summed E-state index contributed by atoms with van der Waals surface area (Å²) in [5.74, 6) is 0.825. The second-order valence-corrected chi connectivity index (χ2v) is 7.74. The number of nitrogens with one attached hydrogen (secondary N) is 1. The number of methoxy groups -OCH3 is 1. The maximum Gasteiger partial charge on any atom is 0.226 e. The molecule has 0 aliphatic carbocycles. The number of amides is 1. The average molecular weight is 381 g/mol. The molecule has 4 nitrogen and oxygen atoms in total. The van der Waals surface area contributed by atoms with E-state index in [0.29, 0.717) is 11.6 Å². The number of carbonyl (C=O) groups excluding carboxylic acids is 1. The molecule has 0 atom stereocenters. The molecule has 0 aliphatic rings. The highest BCUT2D eigenvalue weighted by atomic mass is 32.1. The predicted octanol–water partition coefficient (Wildman–Crippen LogP) is 5.40. The van der Waals surface area contributed by atoms with Crippen LogP contribution in [0.2, 0.25) is 0 Å². The van der Waals surface area contributed by atoms with Gasteiger partial charge in [0.05, 0.1) is 12.8 Å². The first-order valence-electron chi connectivity index (χ1n) is 9.02. The zero-order valence-corrected chi connectivity index (χ0v) is 16.7. The van der Waals surface area contributed by atoms with E-state index in [9.17, 15) is 4.79 Å². The van der Waals surface area contributed by atoms with Gasteiger partial charge in [0.15, 0.2) is 5.13 Å². The number of anilines is 1. The summed E-state index contributed by atoms with van der Waals surface area (Å²) in [4.78, 5) is 17.9. The fourth-order valence-corrected chi connectivity index (χ4v) is 3.71. The van der Waals surface area contributed by atoms with E-state index in [0.717, 1.165) is 34.7 Å². The largest absolute Gasteiger partial charge is 0.497 e. The number of hydrogen-bond acceptors (Lipinski definition) is 4. The number of thiazole rings is 1. The van der Waals surface area contributed by atoms with Gasteiger partial charge < -0.3 is 10.1 Å². The Morgan fingerprint density at radius 2 is 1.78 bits per heavy atom. The third-order valence-corrected chi connectivity index (χ3v) is 5.28. The zero-order chi connectivity index (χ0) is 19.2. The van der Waals surface area contributed by atoms with Crippen LogP contribution in [0, 0.1) is 13.8 Å². The van der Waals surface area contributed by atoms with Crippen molar-refractivity contribution in [2.45, 2.75) is 33.1 Å². The van der Waals surface area contributed by atoms with Gasteiger partial charge in [0, 0.05) is 16.9 Å². The summed E-state index contributed by atoms with van der Waals surface area (Å²) < 4.78 is 5.19. The Hall–Kier alpha value is -2.66. The van der Waals surface area contributed by atoms with Gasteiger partial charge in [-0.2, -0.15) is 0 Å². The van der Waals surface area contributed by atoms with Crippen LogP contribution in [-0.2, 0) is 11.2 Å². The standard InChI is InChI=1S/C22H24N2O2S/c1-15-7-9-17(10-8-15)5-4-6-20(25)23-22-24-21(16(2)27-22)18-11-13-19(26-3)14-12-18/h7-14H,4-6H2,1-3H3,(H,23,24,25). The Bertz CT molecular complexity index is 899. The lowest BCUT2D eigenvalue weighted by molar-refractivity contribution is -0.116. The number of nitrogens with zero attached hydrogens (tertiary/aromatic N) is 1. The third-order valence-electron chi connectivity index (χ3n) is 4.40. The van der Waals surface area contributed by atoms with Crippen molar-refractivity contribution >= 4 is 22.4 Å². The lowest BCUT2D eigenvalue weighted by Gasteiger charge is -2.03. The minimum atomic E-state index is 0.0112. The molecule has 0 saturated carbocycles. The second kappa shape index (κ2) is 8.82. The van der Waals surface area contributed by atoms with E-state index in [2.05, 4.69) is 41.5 Å². The van der Waals surface area contributed by atoms with Gasteiger partial charge in [-0.1, -0.05) is 29.8 Å². The van der Waals surface area contributed by atoms with Crippen molar-refractivity contribution in [2.75, 3.05) is 12.4 Å². The Morgan fingerprint density at radius 1 is 1.07 bits per heavy atom. The van der Waals surface area contributed by atoms with Crippen molar-refractivity contribution in [3.63, 3.8) is 0 Å². The summed E-state index contributed by atoms with van der Waals surface area (Å²) in [6.07, 6.45) is 2.22. The average Bonchev–Trinajstić information content (AvgIpc) is 3.03. The van der Waals surface area contributed by atoms with Gasteiger partial charge in [-0.05, 0) is 56.5 Å². The Morgan fingerprint density at radius 3 is 2.44 bits per heavy atom. The molecule has 0 unspecified atom stereocenters. The molecular formula is C22H24N2O2S. The van der Waals surface area contributed by atoms with E-state index in [1.165, 1.54) is 22.5 Å². The van der Waals surface area contributed by atoms with Gasteiger partial charge in [-0.15, -0.1) is 11.3 Å². The SMILES string of the molecule is COc1ccc(-c2nc(NC(=O)CCCc3ccc(C)cc3)sc2C)cc1. The fraction of sp³-hybridized carbons (Fsp3) is 0.273. The summed E-state index contributed by atoms with van der Waals surface area (Å²) >= 11 is 1.50. The molecule has 0 radical (unpaired) electrons. The summed E-state index contributed by atoms with van der Waals surface area (Å²) in [6, 6.07) is 16.2. The maximum absolute atomic E-state index is 12.2. The first-order chi connectivity index (χ1) is 13.0. The molecule has 0 bridgehead atoms. The second-order valence-electron chi connectivity index (χ2n) is 6.54.